The number of hydrogen-bond acceptors (Lipinski definition) is 1. The zero-order valence-electron chi connectivity index (χ0n) is 4.19. The molecule has 0 aromatic heterocycles. The van der Waals surface area contributed by atoms with E-state index >= 15 is 0 Å². The van der Waals surface area contributed by atoms with Gasteiger partial charge in [-0.15, -0.1) is 0 Å². The second-order valence-electron chi connectivity index (χ2n) is 1.36. The molecule has 0 bridgehead atoms. The van der Waals surface area contributed by atoms with Gasteiger partial charge in [0, 0.05) is 0 Å². The van der Waals surface area contributed by atoms with Gasteiger partial charge in [0.25, 0.3) is 0 Å². The molecule has 0 amide bonds. The first-order valence-electron chi connectivity index (χ1n) is 1.91. The van der Waals surface area contributed by atoms with Crippen molar-refractivity contribution in [1.29, 1.82) is 0 Å². The standard InChI is InChI=1S/C3H7Cl2OP/c1-3(2)6-7(4)5/h3H,1-2H3. The molecular formula is C3H7Cl2OP. The van der Waals surface area contributed by atoms with Gasteiger partial charge < -0.3 is 4.52 Å². The topological polar surface area (TPSA) is 9.23 Å². The van der Waals surface area contributed by atoms with Gasteiger partial charge in [0.05, 0.1) is 6.10 Å². The van der Waals surface area contributed by atoms with Crippen molar-refractivity contribution in [3.63, 3.8) is 0 Å². The lowest BCUT2D eigenvalue weighted by Gasteiger charge is -2.04. The monoisotopic (exact) mass is 160 g/mol. The molecule has 0 aliphatic heterocycles. The first kappa shape index (κ1) is 7.97. The van der Waals surface area contributed by atoms with Crippen molar-refractivity contribution >= 4 is 29.3 Å². The summed E-state index contributed by atoms with van der Waals surface area (Å²) in [4.78, 5) is 0. The van der Waals surface area contributed by atoms with Gasteiger partial charge >= 0.3 is 0 Å². The highest BCUT2D eigenvalue weighted by Gasteiger charge is 2.00. The maximum absolute atomic E-state index is 5.28. The van der Waals surface area contributed by atoms with Gasteiger partial charge in [-0.1, -0.05) is 0 Å². The van der Waals surface area contributed by atoms with Gasteiger partial charge in [-0.05, 0) is 36.3 Å². The molecule has 0 fully saturated rings. The number of rotatable bonds is 2. The zero-order chi connectivity index (χ0) is 5.86. The van der Waals surface area contributed by atoms with E-state index in [1.165, 1.54) is 0 Å². The summed E-state index contributed by atoms with van der Waals surface area (Å²) in [5.41, 5.74) is 0. The molecule has 0 unspecified atom stereocenters. The predicted molar refractivity (Wildman–Crippen MR) is 34.8 cm³/mol. The van der Waals surface area contributed by atoms with Crippen LogP contribution < -0.4 is 0 Å². The summed E-state index contributed by atoms with van der Waals surface area (Å²) in [5.74, 6) is 0. The van der Waals surface area contributed by atoms with Crippen LogP contribution in [0.25, 0.3) is 0 Å². The highest BCUT2D eigenvalue weighted by Crippen LogP contribution is 2.48. The number of halogens is 2. The van der Waals surface area contributed by atoms with E-state index in [4.69, 9.17) is 27.0 Å². The van der Waals surface area contributed by atoms with Gasteiger partial charge in [-0.2, -0.15) is 0 Å². The predicted octanol–water partition coefficient (Wildman–Crippen LogP) is 3.12. The zero-order valence-corrected chi connectivity index (χ0v) is 6.60. The average molecular weight is 161 g/mol. The van der Waals surface area contributed by atoms with E-state index in [2.05, 4.69) is 0 Å². The Hall–Kier alpha value is 0.970. The lowest BCUT2D eigenvalue weighted by atomic mass is 10.5. The van der Waals surface area contributed by atoms with E-state index < -0.39 is 6.85 Å². The average Bonchev–Trinajstić information content (AvgIpc) is 1.27. The first-order chi connectivity index (χ1) is 3.13. The lowest BCUT2D eigenvalue weighted by Crippen LogP contribution is -1.92. The molecule has 0 aromatic rings. The summed E-state index contributed by atoms with van der Waals surface area (Å²) in [6.07, 6.45) is 0.140. The second kappa shape index (κ2) is 3.91. The van der Waals surface area contributed by atoms with Gasteiger partial charge in [-0.25, -0.2) is 0 Å². The molecule has 0 aliphatic rings. The van der Waals surface area contributed by atoms with Crippen LogP contribution in [0.3, 0.4) is 0 Å². The molecule has 44 valence electrons. The minimum Gasteiger partial charge on any atom is -0.329 e. The van der Waals surface area contributed by atoms with Crippen LogP contribution in [0.2, 0.25) is 0 Å². The van der Waals surface area contributed by atoms with E-state index in [0.717, 1.165) is 0 Å². The van der Waals surface area contributed by atoms with Crippen LogP contribution in [0.5, 0.6) is 0 Å². The quantitative estimate of drug-likeness (QED) is 0.565. The van der Waals surface area contributed by atoms with Crippen LogP contribution in [0, 0.1) is 0 Å². The molecule has 0 heterocycles. The molecule has 4 heteroatoms. The summed E-state index contributed by atoms with van der Waals surface area (Å²) in [6.45, 7) is 2.58. The first-order valence-corrected chi connectivity index (χ1v) is 4.98. The van der Waals surface area contributed by atoms with Crippen molar-refractivity contribution in [3.05, 3.63) is 0 Å². The highest BCUT2D eigenvalue weighted by molar-refractivity contribution is 8.00. The van der Waals surface area contributed by atoms with E-state index in [0.29, 0.717) is 0 Å². The van der Waals surface area contributed by atoms with E-state index in [9.17, 15) is 0 Å². The Balaban J connectivity index is 2.95. The third-order valence-corrected chi connectivity index (χ3v) is 1.35. The molecule has 0 saturated heterocycles. The van der Waals surface area contributed by atoms with Crippen LogP contribution in [0.1, 0.15) is 13.8 Å². The maximum Gasteiger partial charge on any atom is 0.225 e. The van der Waals surface area contributed by atoms with Crippen LogP contribution in [0.4, 0.5) is 0 Å². The molecule has 7 heavy (non-hydrogen) atoms. The number of hydrogen-bond donors (Lipinski definition) is 0. The third-order valence-electron chi connectivity index (χ3n) is 0.291. The Bertz CT molecular complexity index is 42.2. The Morgan fingerprint density at radius 2 is 1.86 bits per heavy atom. The van der Waals surface area contributed by atoms with Crippen molar-refractivity contribution < 1.29 is 4.52 Å². The van der Waals surface area contributed by atoms with Crippen LogP contribution in [-0.4, -0.2) is 6.10 Å². The fraction of sp³-hybridized carbons (Fsp3) is 1.00. The van der Waals surface area contributed by atoms with Crippen LogP contribution in [0.15, 0.2) is 0 Å². The minimum absolute atomic E-state index is 0.140. The van der Waals surface area contributed by atoms with Crippen molar-refractivity contribution in [2.24, 2.45) is 0 Å². The van der Waals surface area contributed by atoms with Crippen molar-refractivity contribution in [1.82, 2.24) is 0 Å². The molecule has 0 atom stereocenters. The summed E-state index contributed by atoms with van der Waals surface area (Å²) in [7, 11) is 0. The Morgan fingerprint density at radius 3 is 1.86 bits per heavy atom. The van der Waals surface area contributed by atoms with Crippen molar-refractivity contribution in [3.8, 4) is 0 Å². The van der Waals surface area contributed by atoms with E-state index in [1.807, 2.05) is 13.8 Å². The fourth-order valence-corrected chi connectivity index (χ4v) is 1.43. The van der Waals surface area contributed by atoms with Gasteiger partial charge in [0.2, 0.25) is 6.85 Å². The molecule has 0 aromatic carbocycles. The third kappa shape index (κ3) is 6.97. The molecule has 0 radical (unpaired) electrons. The Morgan fingerprint density at radius 1 is 1.43 bits per heavy atom. The maximum atomic E-state index is 5.28. The molecule has 1 nitrogen and oxygen atoms in total. The fourth-order valence-electron chi connectivity index (χ4n) is 0.159. The minimum atomic E-state index is -1.20. The van der Waals surface area contributed by atoms with Gasteiger partial charge in [0.1, 0.15) is 0 Å². The van der Waals surface area contributed by atoms with Gasteiger partial charge in [0.15, 0.2) is 0 Å². The molecule has 0 spiro atoms. The summed E-state index contributed by atoms with van der Waals surface area (Å²) in [6, 6.07) is 0. The lowest BCUT2D eigenvalue weighted by molar-refractivity contribution is 0.282. The highest BCUT2D eigenvalue weighted by atomic mass is 35.9. The molecule has 0 rings (SSSR count). The van der Waals surface area contributed by atoms with Crippen molar-refractivity contribution in [2.75, 3.05) is 0 Å². The molecule has 0 aliphatic carbocycles. The summed E-state index contributed by atoms with van der Waals surface area (Å²) >= 11 is 10.6. The van der Waals surface area contributed by atoms with Crippen molar-refractivity contribution in [2.45, 2.75) is 20.0 Å². The van der Waals surface area contributed by atoms with Crippen LogP contribution >= 0.6 is 29.3 Å². The molecular weight excluding hydrogens is 154 g/mol. The largest absolute Gasteiger partial charge is 0.329 e. The Labute approximate surface area is 54.4 Å². The molecule has 0 saturated carbocycles. The van der Waals surface area contributed by atoms with E-state index in [1.54, 1.807) is 0 Å². The smallest absolute Gasteiger partial charge is 0.225 e. The summed E-state index contributed by atoms with van der Waals surface area (Å²) in [5, 5.41) is 0. The van der Waals surface area contributed by atoms with Crippen LogP contribution in [-0.2, 0) is 4.52 Å². The second-order valence-corrected chi connectivity index (χ2v) is 4.33. The normalized spacial score (nSPS) is 11.1. The molecule has 0 N–H and O–H groups in total. The SMILES string of the molecule is CC(C)OP(Cl)Cl. The Kier molecular flexibility index (Phi) is 4.45. The van der Waals surface area contributed by atoms with E-state index in [-0.39, 0.29) is 6.10 Å². The summed E-state index contributed by atoms with van der Waals surface area (Å²) < 4.78 is 4.85. The van der Waals surface area contributed by atoms with Gasteiger partial charge in [-0.3, -0.25) is 0 Å².